The van der Waals surface area contributed by atoms with E-state index in [4.69, 9.17) is 0 Å². The minimum absolute atomic E-state index is 0.0840. The fourth-order valence-electron chi connectivity index (χ4n) is 3.54. The molecule has 2 aliphatic rings. The largest absolute Gasteiger partial charge is 0.294 e. The van der Waals surface area contributed by atoms with Crippen molar-refractivity contribution in [3.8, 4) is 0 Å². The quantitative estimate of drug-likeness (QED) is 0.807. The van der Waals surface area contributed by atoms with Crippen LogP contribution in [0.4, 0.5) is 0 Å². The molecule has 2 aromatic rings. The van der Waals surface area contributed by atoms with Gasteiger partial charge >= 0.3 is 0 Å². The van der Waals surface area contributed by atoms with Crippen molar-refractivity contribution >= 4 is 38.2 Å². The molecular formula is C15H13BrN2O. The summed E-state index contributed by atoms with van der Waals surface area (Å²) in [4.78, 5) is 12.0. The zero-order chi connectivity index (χ0) is 13.2. The van der Waals surface area contributed by atoms with Gasteiger partial charge in [-0.3, -0.25) is 9.89 Å². The summed E-state index contributed by atoms with van der Waals surface area (Å²) in [6.07, 6.45) is 4.47. The van der Waals surface area contributed by atoms with Gasteiger partial charge in [0.2, 0.25) is 0 Å². The van der Waals surface area contributed by atoms with Gasteiger partial charge in [-0.25, -0.2) is 0 Å². The van der Waals surface area contributed by atoms with Crippen LogP contribution in [0.5, 0.6) is 0 Å². The second kappa shape index (κ2) is 3.57. The van der Waals surface area contributed by atoms with E-state index in [-0.39, 0.29) is 11.2 Å². The van der Waals surface area contributed by atoms with E-state index in [0.29, 0.717) is 6.42 Å². The predicted octanol–water partition coefficient (Wildman–Crippen LogP) is 3.59. The second-order valence-corrected chi connectivity index (χ2v) is 6.57. The summed E-state index contributed by atoms with van der Waals surface area (Å²) in [6, 6.07) is 4.18. The third-order valence-corrected chi connectivity index (χ3v) is 5.38. The van der Waals surface area contributed by atoms with Crippen molar-refractivity contribution in [2.24, 2.45) is 5.41 Å². The van der Waals surface area contributed by atoms with E-state index in [1.165, 1.54) is 22.1 Å². The average Bonchev–Trinajstić information content (AvgIpc) is 2.95. The molecule has 1 N–H and O–H groups in total. The average molecular weight is 317 g/mol. The monoisotopic (exact) mass is 316 g/mol. The highest BCUT2D eigenvalue weighted by atomic mass is 79.9. The minimum atomic E-state index is 0.0840. The number of allylic oxidation sites excluding steroid dienone is 2. The molecular weight excluding hydrogens is 304 g/mol. The minimum Gasteiger partial charge on any atom is -0.294 e. The Labute approximate surface area is 119 Å². The van der Waals surface area contributed by atoms with Crippen LogP contribution >= 0.6 is 15.9 Å². The van der Waals surface area contributed by atoms with E-state index in [0.717, 1.165) is 22.8 Å². The Bertz CT molecular complexity index is 759. The number of aromatic nitrogens is 2. The van der Waals surface area contributed by atoms with Gasteiger partial charge in [0.25, 0.3) is 0 Å². The zero-order valence-corrected chi connectivity index (χ0v) is 12.2. The SMILES string of the molecule is CC12CCC(=O)C(Br)=C1c1ccc3[nH]ncc3c1C2. The summed E-state index contributed by atoms with van der Waals surface area (Å²) in [7, 11) is 0. The molecule has 0 fully saturated rings. The smallest absolute Gasteiger partial charge is 0.170 e. The number of carbonyl (C=O) groups excluding carboxylic acids is 1. The number of rotatable bonds is 0. The number of nitrogens with one attached hydrogen (secondary N) is 1. The van der Waals surface area contributed by atoms with Crippen LogP contribution in [-0.4, -0.2) is 16.0 Å². The predicted molar refractivity (Wildman–Crippen MR) is 78.0 cm³/mol. The van der Waals surface area contributed by atoms with Crippen LogP contribution in [-0.2, 0) is 11.2 Å². The third-order valence-electron chi connectivity index (χ3n) is 4.54. The summed E-state index contributed by atoms with van der Waals surface area (Å²) in [5.41, 5.74) is 4.90. The van der Waals surface area contributed by atoms with Crippen LogP contribution in [0.2, 0.25) is 0 Å². The van der Waals surface area contributed by atoms with Crippen LogP contribution in [0.1, 0.15) is 30.9 Å². The van der Waals surface area contributed by atoms with Crippen molar-refractivity contribution < 1.29 is 4.79 Å². The van der Waals surface area contributed by atoms with E-state index in [1.54, 1.807) is 0 Å². The molecule has 1 aromatic carbocycles. The summed E-state index contributed by atoms with van der Waals surface area (Å²) in [5, 5.41) is 8.34. The van der Waals surface area contributed by atoms with Gasteiger partial charge in [0, 0.05) is 11.8 Å². The van der Waals surface area contributed by atoms with Gasteiger partial charge in [-0.2, -0.15) is 5.10 Å². The Hall–Kier alpha value is -1.42. The lowest BCUT2D eigenvalue weighted by Crippen LogP contribution is -2.23. The van der Waals surface area contributed by atoms with E-state index in [2.05, 4.69) is 45.2 Å². The molecule has 0 amide bonds. The summed E-state index contributed by atoms with van der Waals surface area (Å²) in [5.74, 6) is 0.229. The third kappa shape index (κ3) is 1.38. The van der Waals surface area contributed by atoms with Gasteiger partial charge < -0.3 is 0 Å². The van der Waals surface area contributed by atoms with Crippen molar-refractivity contribution in [2.75, 3.05) is 0 Å². The van der Waals surface area contributed by atoms with E-state index >= 15 is 0 Å². The highest BCUT2D eigenvalue weighted by Crippen LogP contribution is 2.55. The summed E-state index contributed by atoms with van der Waals surface area (Å²) in [6.45, 7) is 2.27. The van der Waals surface area contributed by atoms with Crippen molar-refractivity contribution in [3.63, 3.8) is 0 Å². The van der Waals surface area contributed by atoms with Gasteiger partial charge in [0.1, 0.15) is 0 Å². The maximum atomic E-state index is 12.0. The molecule has 0 aliphatic heterocycles. The number of carbonyl (C=O) groups is 1. The first kappa shape index (κ1) is 11.4. The van der Waals surface area contributed by atoms with Crippen molar-refractivity contribution in [2.45, 2.75) is 26.2 Å². The van der Waals surface area contributed by atoms with Crippen LogP contribution in [0.3, 0.4) is 0 Å². The number of hydrogen-bond donors (Lipinski definition) is 1. The molecule has 2 aliphatic carbocycles. The molecule has 1 unspecified atom stereocenters. The Morgan fingerprint density at radius 3 is 3.11 bits per heavy atom. The standard InChI is InChI=1S/C15H13BrN2O/c1-15-5-4-12(19)14(16)13(15)8-2-3-11-10(7-17-18-11)9(8)6-15/h2-3,7H,4-6H2,1H3,(H,17,18). The maximum Gasteiger partial charge on any atom is 0.170 e. The summed E-state index contributed by atoms with van der Waals surface area (Å²) < 4.78 is 0.780. The normalized spacial score (nSPS) is 25.9. The molecule has 1 heterocycles. The highest BCUT2D eigenvalue weighted by molar-refractivity contribution is 9.12. The van der Waals surface area contributed by atoms with E-state index in [9.17, 15) is 4.79 Å². The first-order valence-electron chi connectivity index (χ1n) is 6.49. The lowest BCUT2D eigenvalue weighted by Gasteiger charge is -2.30. The van der Waals surface area contributed by atoms with Crippen LogP contribution in [0.25, 0.3) is 16.5 Å². The Morgan fingerprint density at radius 2 is 2.26 bits per heavy atom. The molecule has 96 valence electrons. The Balaban J connectivity index is 2.08. The number of aromatic amines is 1. The Kier molecular flexibility index (Phi) is 2.14. The van der Waals surface area contributed by atoms with E-state index < -0.39 is 0 Å². The van der Waals surface area contributed by atoms with Crippen molar-refractivity contribution in [1.82, 2.24) is 10.2 Å². The lowest BCUT2D eigenvalue weighted by molar-refractivity contribution is -0.115. The number of fused-ring (bicyclic) bond motifs is 5. The van der Waals surface area contributed by atoms with Crippen LogP contribution in [0.15, 0.2) is 22.8 Å². The number of hydrogen-bond acceptors (Lipinski definition) is 2. The fourth-order valence-corrected chi connectivity index (χ4v) is 4.43. The molecule has 1 aromatic heterocycles. The van der Waals surface area contributed by atoms with Crippen molar-refractivity contribution in [3.05, 3.63) is 33.9 Å². The first-order valence-corrected chi connectivity index (χ1v) is 7.28. The fraction of sp³-hybridized carbons (Fsp3) is 0.333. The molecule has 1 atom stereocenters. The van der Waals surface area contributed by atoms with Gasteiger partial charge in [0.05, 0.1) is 16.2 Å². The Morgan fingerprint density at radius 1 is 1.42 bits per heavy atom. The maximum absolute atomic E-state index is 12.0. The topological polar surface area (TPSA) is 45.8 Å². The summed E-state index contributed by atoms with van der Waals surface area (Å²) >= 11 is 3.53. The molecule has 4 heteroatoms. The zero-order valence-electron chi connectivity index (χ0n) is 10.6. The van der Waals surface area contributed by atoms with Gasteiger partial charge in [-0.1, -0.05) is 13.0 Å². The number of H-pyrrole nitrogens is 1. The number of benzene rings is 1. The lowest BCUT2D eigenvalue weighted by atomic mass is 9.74. The molecule has 3 nitrogen and oxygen atoms in total. The number of Topliss-reactive ketones (excluding diaryl/α,β-unsaturated/α-hetero) is 1. The number of nitrogens with zero attached hydrogens (tertiary/aromatic N) is 1. The molecule has 19 heavy (non-hydrogen) atoms. The molecule has 0 saturated carbocycles. The number of ketones is 1. The van der Waals surface area contributed by atoms with Crippen molar-refractivity contribution in [1.29, 1.82) is 0 Å². The first-order chi connectivity index (χ1) is 9.10. The van der Waals surface area contributed by atoms with Crippen LogP contribution in [0, 0.1) is 5.41 Å². The highest BCUT2D eigenvalue weighted by Gasteiger charge is 2.44. The van der Waals surface area contributed by atoms with Gasteiger partial charge in [-0.15, -0.1) is 0 Å². The van der Waals surface area contributed by atoms with E-state index in [1.807, 2.05) is 6.20 Å². The second-order valence-electron chi connectivity index (χ2n) is 5.77. The molecule has 0 radical (unpaired) electrons. The van der Waals surface area contributed by atoms with Gasteiger partial charge in [0.15, 0.2) is 5.78 Å². The molecule has 0 spiro atoms. The molecule has 4 rings (SSSR count). The molecule has 0 bridgehead atoms. The number of halogens is 1. The molecule has 0 saturated heterocycles. The van der Waals surface area contributed by atoms with Gasteiger partial charge in [-0.05, 0) is 57.0 Å². The van der Waals surface area contributed by atoms with Crippen LogP contribution < -0.4 is 0 Å².